The Labute approximate surface area is 112 Å². The second-order valence-electron chi connectivity index (χ2n) is 4.18. The van der Waals surface area contributed by atoms with Crippen LogP contribution in [0.4, 0.5) is 5.69 Å². The molecule has 19 heavy (non-hydrogen) atoms. The molecule has 0 atom stereocenters. The lowest BCUT2D eigenvalue weighted by Crippen LogP contribution is -2.20. The van der Waals surface area contributed by atoms with E-state index in [1.54, 1.807) is 24.1 Å². The highest BCUT2D eigenvalue weighted by Crippen LogP contribution is 2.10. The van der Waals surface area contributed by atoms with Gasteiger partial charge in [0.1, 0.15) is 11.6 Å². The summed E-state index contributed by atoms with van der Waals surface area (Å²) in [6.07, 6.45) is 1.42. The van der Waals surface area contributed by atoms with Gasteiger partial charge in [-0.25, -0.2) is 0 Å². The monoisotopic (exact) mass is 259 g/mol. The van der Waals surface area contributed by atoms with Crippen molar-refractivity contribution in [3.05, 3.63) is 41.6 Å². The quantitative estimate of drug-likeness (QED) is 0.616. The number of nitriles is 1. The van der Waals surface area contributed by atoms with Crippen LogP contribution in [-0.4, -0.2) is 36.1 Å². The first kappa shape index (κ1) is 14.7. The van der Waals surface area contributed by atoms with E-state index in [0.717, 1.165) is 5.56 Å². The van der Waals surface area contributed by atoms with Crippen molar-refractivity contribution in [1.82, 2.24) is 4.90 Å². The van der Waals surface area contributed by atoms with Crippen LogP contribution in [0.5, 0.6) is 0 Å². The van der Waals surface area contributed by atoms with Gasteiger partial charge < -0.3 is 15.3 Å². The van der Waals surface area contributed by atoms with Crippen LogP contribution in [0.2, 0.25) is 0 Å². The Balaban J connectivity index is 2.75. The van der Waals surface area contributed by atoms with E-state index in [1.165, 1.54) is 6.20 Å². The number of hydrogen-bond acceptors (Lipinski definition) is 4. The highest BCUT2D eigenvalue weighted by molar-refractivity contribution is 6.06. The number of nitrogens with zero attached hydrogens (tertiary/aromatic N) is 2. The van der Waals surface area contributed by atoms with E-state index in [9.17, 15) is 4.79 Å². The maximum Gasteiger partial charge on any atom is 0.267 e. The summed E-state index contributed by atoms with van der Waals surface area (Å²) in [5.74, 6) is -0.462. The molecule has 1 aromatic carbocycles. The number of aryl methyl sites for hydroxylation is 1. The average molecular weight is 259 g/mol. The standard InChI is InChI=1S/C14H17N3O2/c1-11-3-5-13(6-4-11)16-14(19)12(9-15)10-17(2)7-8-18/h3-6,10,18H,7-8H2,1-2H3,(H,16,19)/b12-10-. The molecule has 0 saturated carbocycles. The summed E-state index contributed by atoms with van der Waals surface area (Å²) < 4.78 is 0. The van der Waals surface area contributed by atoms with Crippen LogP contribution in [0.15, 0.2) is 36.0 Å². The number of likely N-dealkylation sites (N-methyl/N-ethyl adjacent to an activating group) is 1. The maximum atomic E-state index is 11.9. The summed E-state index contributed by atoms with van der Waals surface area (Å²) in [5, 5.41) is 20.4. The lowest BCUT2D eigenvalue weighted by Gasteiger charge is -2.12. The normalized spacial score (nSPS) is 10.7. The molecule has 2 N–H and O–H groups in total. The molecule has 1 aromatic rings. The highest BCUT2D eigenvalue weighted by Gasteiger charge is 2.10. The van der Waals surface area contributed by atoms with Gasteiger partial charge in [-0.2, -0.15) is 5.26 Å². The molecule has 5 nitrogen and oxygen atoms in total. The first-order valence-electron chi connectivity index (χ1n) is 5.88. The Morgan fingerprint density at radius 3 is 2.63 bits per heavy atom. The summed E-state index contributed by atoms with van der Waals surface area (Å²) in [6, 6.07) is 9.16. The van der Waals surface area contributed by atoms with E-state index in [-0.39, 0.29) is 12.2 Å². The van der Waals surface area contributed by atoms with Crippen LogP contribution >= 0.6 is 0 Å². The van der Waals surface area contributed by atoms with E-state index in [1.807, 2.05) is 25.1 Å². The fraction of sp³-hybridized carbons (Fsp3) is 0.286. The van der Waals surface area contributed by atoms with E-state index < -0.39 is 5.91 Å². The maximum absolute atomic E-state index is 11.9. The average Bonchev–Trinajstić information content (AvgIpc) is 2.39. The van der Waals surface area contributed by atoms with Gasteiger partial charge in [-0.05, 0) is 19.1 Å². The van der Waals surface area contributed by atoms with Gasteiger partial charge in [0.05, 0.1) is 6.61 Å². The van der Waals surface area contributed by atoms with Crippen LogP contribution in [0.3, 0.4) is 0 Å². The molecule has 0 saturated heterocycles. The third kappa shape index (κ3) is 4.82. The number of rotatable bonds is 5. The Morgan fingerprint density at radius 2 is 2.11 bits per heavy atom. The van der Waals surface area contributed by atoms with Crippen molar-refractivity contribution in [3.8, 4) is 6.07 Å². The molecule has 100 valence electrons. The molecular formula is C14H17N3O2. The minimum absolute atomic E-state index is 0.00322. The van der Waals surface area contributed by atoms with Crippen LogP contribution in [0, 0.1) is 18.3 Å². The number of hydrogen-bond donors (Lipinski definition) is 2. The van der Waals surface area contributed by atoms with Crippen molar-refractivity contribution < 1.29 is 9.90 Å². The second kappa shape index (κ2) is 7.19. The molecule has 0 radical (unpaired) electrons. The fourth-order valence-corrected chi connectivity index (χ4v) is 1.42. The predicted molar refractivity (Wildman–Crippen MR) is 73.2 cm³/mol. The zero-order valence-corrected chi connectivity index (χ0v) is 11.1. The summed E-state index contributed by atoms with van der Waals surface area (Å²) in [7, 11) is 1.69. The van der Waals surface area contributed by atoms with Crippen molar-refractivity contribution in [2.45, 2.75) is 6.92 Å². The van der Waals surface area contributed by atoms with E-state index in [2.05, 4.69) is 5.32 Å². The Morgan fingerprint density at radius 1 is 1.47 bits per heavy atom. The number of carbonyl (C=O) groups excluding carboxylic acids is 1. The zero-order chi connectivity index (χ0) is 14.3. The molecule has 0 aliphatic carbocycles. The largest absolute Gasteiger partial charge is 0.395 e. The molecule has 0 aliphatic rings. The van der Waals surface area contributed by atoms with Gasteiger partial charge in [0.15, 0.2) is 0 Å². The van der Waals surface area contributed by atoms with Gasteiger partial charge in [-0.15, -0.1) is 0 Å². The van der Waals surface area contributed by atoms with E-state index in [0.29, 0.717) is 12.2 Å². The number of aliphatic hydroxyl groups excluding tert-OH is 1. The SMILES string of the molecule is Cc1ccc(NC(=O)/C(C#N)=C\N(C)CCO)cc1. The van der Waals surface area contributed by atoms with Crippen molar-refractivity contribution in [1.29, 1.82) is 5.26 Å². The zero-order valence-electron chi connectivity index (χ0n) is 11.1. The molecule has 0 aliphatic heterocycles. The molecule has 0 heterocycles. The number of carbonyl (C=O) groups is 1. The second-order valence-corrected chi connectivity index (χ2v) is 4.18. The number of amides is 1. The van der Waals surface area contributed by atoms with Gasteiger partial charge in [-0.3, -0.25) is 4.79 Å². The lowest BCUT2D eigenvalue weighted by atomic mass is 10.2. The lowest BCUT2D eigenvalue weighted by molar-refractivity contribution is -0.112. The molecule has 1 amide bonds. The first-order chi connectivity index (χ1) is 9.06. The summed E-state index contributed by atoms with van der Waals surface area (Å²) in [6.45, 7) is 2.28. The minimum Gasteiger partial charge on any atom is -0.395 e. The fourth-order valence-electron chi connectivity index (χ4n) is 1.42. The van der Waals surface area contributed by atoms with Crippen LogP contribution < -0.4 is 5.32 Å². The third-order valence-corrected chi connectivity index (χ3v) is 2.48. The molecule has 0 spiro atoms. The van der Waals surface area contributed by atoms with Crippen LogP contribution in [-0.2, 0) is 4.79 Å². The topological polar surface area (TPSA) is 76.4 Å². The van der Waals surface area contributed by atoms with Crippen molar-refractivity contribution in [2.24, 2.45) is 0 Å². The molecule has 1 rings (SSSR count). The molecule has 5 heteroatoms. The minimum atomic E-state index is -0.462. The van der Waals surface area contributed by atoms with Gasteiger partial charge in [0.25, 0.3) is 5.91 Å². The third-order valence-electron chi connectivity index (χ3n) is 2.48. The Bertz CT molecular complexity index is 500. The molecule has 0 aromatic heterocycles. The Hall–Kier alpha value is -2.32. The molecule has 0 unspecified atom stereocenters. The smallest absolute Gasteiger partial charge is 0.267 e. The van der Waals surface area contributed by atoms with Crippen LogP contribution in [0.25, 0.3) is 0 Å². The molecule has 0 bridgehead atoms. The molecule has 0 fully saturated rings. The van der Waals surface area contributed by atoms with Gasteiger partial charge in [0, 0.05) is 25.5 Å². The van der Waals surface area contributed by atoms with Gasteiger partial charge in [-0.1, -0.05) is 17.7 Å². The first-order valence-corrected chi connectivity index (χ1v) is 5.88. The van der Waals surface area contributed by atoms with Crippen molar-refractivity contribution in [3.63, 3.8) is 0 Å². The van der Waals surface area contributed by atoms with Crippen LogP contribution in [0.1, 0.15) is 5.56 Å². The summed E-state index contributed by atoms with van der Waals surface area (Å²) in [5.41, 5.74) is 1.73. The van der Waals surface area contributed by atoms with E-state index in [4.69, 9.17) is 10.4 Å². The summed E-state index contributed by atoms with van der Waals surface area (Å²) >= 11 is 0. The number of anilines is 1. The summed E-state index contributed by atoms with van der Waals surface area (Å²) in [4.78, 5) is 13.5. The molecular weight excluding hydrogens is 242 g/mol. The van der Waals surface area contributed by atoms with Gasteiger partial charge in [0.2, 0.25) is 0 Å². The van der Waals surface area contributed by atoms with Crippen molar-refractivity contribution >= 4 is 11.6 Å². The number of benzene rings is 1. The van der Waals surface area contributed by atoms with E-state index >= 15 is 0 Å². The highest BCUT2D eigenvalue weighted by atomic mass is 16.3. The predicted octanol–water partition coefficient (Wildman–Crippen LogP) is 1.27. The number of nitrogens with one attached hydrogen (secondary N) is 1. The number of aliphatic hydroxyl groups is 1. The van der Waals surface area contributed by atoms with Gasteiger partial charge >= 0.3 is 0 Å². The van der Waals surface area contributed by atoms with Crippen molar-refractivity contribution in [2.75, 3.05) is 25.5 Å². The Kier molecular flexibility index (Phi) is 5.58.